The van der Waals surface area contributed by atoms with Crippen LogP contribution in [0.1, 0.15) is 22.3 Å². The molecule has 1 atom stereocenters. The van der Waals surface area contributed by atoms with Crippen molar-refractivity contribution >= 4 is 23.7 Å². The van der Waals surface area contributed by atoms with E-state index in [1.807, 2.05) is 24.3 Å². The summed E-state index contributed by atoms with van der Waals surface area (Å²) < 4.78 is 5.36. The third-order valence-electron chi connectivity index (χ3n) is 5.25. The fourth-order valence-electron chi connectivity index (χ4n) is 3.74. The van der Waals surface area contributed by atoms with Crippen LogP contribution in [0.15, 0.2) is 66.7 Å². The SMILES string of the molecule is O=C(NC(Cc1ccc(Cl)cc1)C(=O)O)OCc1cccc2c1Cc1ccccc1-2. The van der Waals surface area contributed by atoms with Crippen molar-refractivity contribution in [3.05, 3.63) is 94.0 Å². The molecule has 1 aliphatic carbocycles. The number of alkyl carbamates (subject to hydrolysis) is 1. The van der Waals surface area contributed by atoms with Crippen LogP contribution in [0, 0.1) is 0 Å². The number of benzene rings is 3. The number of hydrogen-bond donors (Lipinski definition) is 2. The number of halogens is 1. The molecule has 1 unspecified atom stereocenters. The van der Waals surface area contributed by atoms with E-state index in [9.17, 15) is 14.7 Å². The summed E-state index contributed by atoms with van der Waals surface area (Å²) in [6, 6.07) is 19.9. The van der Waals surface area contributed by atoms with Gasteiger partial charge in [0.05, 0.1) is 0 Å². The molecule has 6 heteroatoms. The van der Waals surface area contributed by atoms with E-state index in [2.05, 4.69) is 23.5 Å². The fraction of sp³-hybridized carbons (Fsp3) is 0.167. The molecule has 0 bridgehead atoms. The zero-order valence-corrected chi connectivity index (χ0v) is 16.9. The maximum Gasteiger partial charge on any atom is 0.408 e. The molecule has 3 aromatic carbocycles. The third kappa shape index (κ3) is 4.31. The van der Waals surface area contributed by atoms with Gasteiger partial charge in [-0.15, -0.1) is 0 Å². The van der Waals surface area contributed by atoms with Crippen molar-refractivity contribution in [2.45, 2.75) is 25.5 Å². The van der Waals surface area contributed by atoms with Crippen LogP contribution >= 0.6 is 11.6 Å². The topological polar surface area (TPSA) is 75.6 Å². The summed E-state index contributed by atoms with van der Waals surface area (Å²) in [6.07, 6.45) is 0.169. The van der Waals surface area contributed by atoms with Crippen LogP contribution in [-0.4, -0.2) is 23.2 Å². The van der Waals surface area contributed by atoms with Gasteiger partial charge in [0, 0.05) is 11.4 Å². The summed E-state index contributed by atoms with van der Waals surface area (Å²) in [5, 5.41) is 12.5. The van der Waals surface area contributed by atoms with Crippen LogP contribution in [0.3, 0.4) is 0 Å². The lowest BCUT2D eigenvalue weighted by molar-refractivity contribution is -0.139. The van der Waals surface area contributed by atoms with Gasteiger partial charge in [-0.25, -0.2) is 9.59 Å². The molecule has 1 aliphatic rings. The summed E-state index contributed by atoms with van der Waals surface area (Å²) in [7, 11) is 0. The molecule has 4 rings (SSSR count). The largest absolute Gasteiger partial charge is 0.480 e. The van der Waals surface area contributed by atoms with Crippen molar-refractivity contribution in [1.82, 2.24) is 5.32 Å². The Morgan fingerprint density at radius 3 is 2.50 bits per heavy atom. The molecule has 0 spiro atoms. The van der Waals surface area contributed by atoms with E-state index in [0.29, 0.717) is 5.02 Å². The predicted octanol–water partition coefficient (Wildman–Crippen LogP) is 4.83. The minimum Gasteiger partial charge on any atom is -0.480 e. The van der Waals surface area contributed by atoms with E-state index in [4.69, 9.17) is 16.3 Å². The average molecular weight is 422 g/mol. The lowest BCUT2D eigenvalue weighted by Crippen LogP contribution is -2.42. The van der Waals surface area contributed by atoms with Gasteiger partial charge in [-0.05, 0) is 51.9 Å². The molecule has 0 saturated carbocycles. The first-order chi connectivity index (χ1) is 14.5. The van der Waals surface area contributed by atoms with Crippen molar-refractivity contribution in [1.29, 1.82) is 0 Å². The van der Waals surface area contributed by atoms with Crippen LogP contribution in [0.2, 0.25) is 5.02 Å². The van der Waals surface area contributed by atoms with E-state index >= 15 is 0 Å². The molecule has 152 valence electrons. The number of amides is 1. The lowest BCUT2D eigenvalue weighted by atomic mass is 10.0. The average Bonchev–Trinajstić information content (AvgIpc) is 3.12. The summed E-state index contributed by atoms with van der Waals surface area (Å²) in [5.74, 6) is -1.13. The smallest absolute Gasteiger partial charge is 0.408 e. The molecule has 1 amide bonds. The second-order valence-electron chi connectivity index (χ2n) is 7.22. The number of carboxylic acid groups (broad SMARTS) is 1. The summed E-state index contributed by atoms with van der Waals surface area (Å²) in [6.45, 7) is 0.0796. The van der Waals surface area contributed by atoms with Crippen LogP contribution in [0.4, 0.5) is 4.79 Å². The molecule has 0 heterocycles. The Morgan fingerprint density at radius 1 is 1.00 bits per heavy atom. The van der Waals surface area contributed by atoms with E-state index in [-0.39, 0.29) is 13.0 Å². The Morgan fingerprint density at radius 2 is 1.73 bits per heavy atom. The van der Waals surface area contributed by atoms with Gasteiger partial charge in [-0.2, -0.15) is 0 Å². The number of hydrogen-bond acceptors (Lipinski definition) is 3. The maximum absolute atomic E-state index is 12.3. The number of rotatable bonds is 6. The van der Waals surface area contributed by atoms with E-state index in [0.717, 1.165) is 28.7 Å². The Kier molecular flexibility index (Phi) is 5.72. The molecule has 0 aromatic heterocycles. The molecular weight excluding hydrogens is 402 g/mol. The van der Waals surface area contributed by atoms with Gasteiger partial charge < -0.3 is 15.2 Å². The van der Waals surface area contributed by atoms with Crippen molar-refractivity contribution in [2.75, 3.05) is 0 Å². The van der Waals surface area contributed by atoms with Gasteiger partial charge in [0.25, 0.3) is 0 Å². The standard InChI is InChI=1S/C24H20ClNO4/c25-18-10-8-15(9-11-18)12-22(23(27)28)26-24(29)30-14-17-5-3-7-20-19-6-2-1-4-16(19)13-21(17)20/h1-11,22H,12-14H2,(H,26,29)(H,27,28). The highest BCUT2D eigenvalue weighted by atomic mass is 35.5. The van der Waals surface area contributed by atoms with Crippen molar-refractivity contribution < 1.29 is 19.4 Å². The molecular formula is C24H20ClNO4. The van der Waals surface area contributed by atoms with Crippen LogP contribution in [0.25, 0.3) is 11.1 Å². The number of carbonyl (C=O) groups is 2. The number of aliphatic carboxylic acids is 1. The van der Waals surface area contributed by atoms with Crippen molar-refractivity contribution in [3.8, 4) is 11.1 Å². The van der Waals surface area contributed by atoms with E-state index in [1.54, 1.807) is 24.3 Å². The Labute approximate surface area is 179 Å². The normalized spacial score (nSPS) is 12.6. The van der Waals surface area contributed by atoms with Crippen molar-refractivity contribution in [2.24, 2.45) is 0 Å². The Bertz CT molecular complexity index is 1090. The van der Waals surface area contributed by atoms with Crippen molar-refractivity contribution in [3.63, 3.8) is 0 Å². The molecule has 30 heavy (non-hydrogen) atoms. The Balaban J connectivity index is 1.40. The fourth-order valence-corrected chi connectivity index (χ4v) is 3.87. The molecule has 5 nitrogen and oxygen atoms in total. The molecule has 0 saturated heterocycles. The predicted molar refractivity (Wildman–Crippen MR) is 115 cm³/mol. The first-order valence-electron chi connectivity index (χ1n) is 9.61. The zero-order valence-electron chi connectivity index (χ0n) is 16.1. The number of nitrogens with one attached hydrogen (secondary N) is 1. The summed E-state index contributed by atoms with van der Waals surface area (Å²) in [5.41, 5.74) is 6.42. The molecule has 0 radical (unpaired) electrons. The quantitative estimate of drug-likeness (QED) is 0.467. The highest BCUT2D eigenvalue weighted by Crippen LogP contribution is 2.38. The van der Waals surface area contributed by atoms with Crippen LogP contribution in [0.5, 0.6) is 0 Å². The Hall–Kier alpha value is -3.31. The summed E-state index contributed by atoms with van der Waals surface area (Å²) in [4.78, 5) is 23.8. The van der Waals surface area contributed by atoms with Crippen LogP contribution < -0.4 is 5.32 Å². The molecule has 2 N–H and O–H groups in total. The van der Waals surface area contributed by atoms with Gasteiger partial charge in [-0.3, -0.25) is 0 Å². The molecule has 0 fully saturated rings. The summed E-state index contributed by atoms with van der Waals surface area (Å²) >= 11 is 5.86. The van der Waals surface area contributed by atoms with Gasteiger partial charge in [0.2, 0.25) is 0 Å². The van der Waals surface area contributed by atoms with Gasteiger partial charge in [0.1, 0.15) is 12.6 Å². The van der Waals surface area contributed by atoms with Crippen LogP contribution in [-0.2, 0) is 29.0 Å². The van der Waals surface area contributed by atoms with Gasteiger partial charge in [0.15, 0.2) is 0 Å². The zero-order chi connectivity index (χ0) is 21.1. The lowest BCUT2D eigenvalue weighted by Gasteiger charge is -2.15. The van der Waals surface area contributed by atoms with E-state index in [1.165, 1.54) is 11.1 Å². The third-order valence-corrected chi connectivity index (χ3v) is 5.50. The maximum atomic E-state index is 12.3. The highest BCUT2D eigenvalue weighted by molar-refractivity contribution is 6.30. The molecule has 3 aromatic rings. The first kappa shape index (κ1) is 20.0. The number of fused-ring (bicyclic) bond motifs is 3. The van der Waals surface area contributed by atoms with Gasteiger partial charge in [-0.1, -0.05) is 66.2 Å². The van der Waals surface area contributed by atoms with Gasteiger partial charge >= 0.3 is 12.1 Å². The number of carboxylic acids is 1. The first-order valence-corrected chi connectivity index (χ1v) is 9.98. The minimum absolute atomic E-state index is 0.0796. The monoisotopic (exact) mass is 421 g/mol. The highest BCUT2D eigenvalue weighted by Gasteiger charge is 2.23. The second kappa shape index (κ2) is 8.59. The number of carbonyl (C=O) groups excluding carboxylic acids is 1. The minimum atomic E-state index is -1.13. The van der Waals surface area contributed by atoms with E-state index < -0.39 is 18.1 Å². The second-order valence-corrected chi connectivity index (χ2v) is 7.66. The molecule has 0 aliphatic heterocycles. The number of ether oxygens (including phenoxy) is 1.